The summed E-state index contributed by atoms with van der Waals surface area (Å²) in [6.07, 6.45) is 15.0. The molecule has 0 saturated heterocycles. The Morgan fingerprint density at radius 2 is 1.44 bits per heavy atom. The Balaban J connectivity index is 1.36. The Bertz CT molecular complexity index is 2120. The molecular formula is C39H30N2. The molecule has 5 aromatic carbocycles. The van der Waals surface area contributed by atoms with Crippen molar-refractivity contribution in [3.05, 3.63) is 144 Å². The maximum absolute atomic E-state index is 2.64. The number of fused-ring (bicyclic) bond motifs is 8. The molecule has 0 N–H and O–H groups in total. The molecule has 0 radical (unpaired) electrons. The summed E-state index contributed by atoms with van der Waals surface area (Å²) in [7, 11) is 0. The number of nitrogens with zero attached hydrogens (tertiary/aromatic N) is 2. The normalized spacial score (nSPS) is 20.6. The first-order chi connectivity index (χ1) is 20.3. The first-order valence-corrected chi connectivity index (χ1v) is 14.8. The summed E-state index contributed by atoms with van der Waals surface area (Å²) in [6, 6.07) is 36.4. The lowest BCUT2D eigenvalue weighted by molar-refractivity contribution is 0.725. The Morgan fingerprint density at radius 3 is 2.39 bits per heavy atom. The minimum Gasteiger partial charge on any atom is -0.333 e. The van der Waals surface area contributed by atoms with Gasteiger partial charge in [-0.3, -0.25) is 0 Å². The molecule has 9 rings (SSSR count). The molecule has 3 atom stereocenters. The molecule has 196 valence electrons. The SMILES string of the molecule is CC1CC=Cc2cccc(N3c4cc5c6ccccc6n(-c6cccc7ccccc67)c5cc4C4C=CC=CC43)c21. The van der Waals surface area contributed by atoms with E-state index >= 15 is 0 Å². The zero-order valence-corrected chi connectivity index (χ0v) is 23.0. The Hall–Kier alpha value is -4.82. The van der Waals surface area contributed by atoms with Gasteiger partial charge in [0.2, 0.25) is 0 Å². The summed E-state index contributed by atoms with van der Waals surface area (Å²) in [5.41, 5.74) is 10.7. The average Bonchev–Trinajstić information content (AvgIpc) is 3.51. The first-order valence-electron chi connectivity index (χ1n) is 14.8. The van der Waals surface area contributed by atoms with Gasteiger partial charge in [-0.05, 0) is 64.7 Å². The molecule has 0 bridgehead atoms. The highest BCUT2D eigenvalue weighted by atomic mass is 15.2. The quantitative estimate of drug-likeness (QED) is 0.218. The monoisotopic (exact) mass is 526 g/mol. The lowest BCUT2D eigenvalue weighted by Gasteiger charge is -2.33. The van der Waals surface area contributed by atoms with Crippen LogP contribution in [0.2, 0.25) is 0 Å². The number of hydrogen-bond acceptors (Lipinski definition) is 1. The number of anilines is 2. The van der Waals surface area contributed by atoms with Crippen LogP contribution in [0.25, 0.3) is 44.3 Å². The zero-order valence-electron chi connectivity index (χ0n) is 23.0. The summed E-state index contributed by atoms with van der Waals surface area (Å²) in [6.45, 7) is 2.37. The maximum atomic E-state index is 2.64. The van der Waals surface area contributed by atoms with Gasteiger partial charge < -0.3 is 9.47 Å². The minimum absolute atomic E-state index is 0.267. The summed E-state index contributed by atoms with van der Waals surface area (Å²) in [5, 5.41) is 5.14. The standard InChI is InChI=1S/C39H30N2/c1-25-11-8-14-27-15-10-22-36(39(25)27)41-35-20-7-5-18-30(35)32-23-37-31(24-38(32)41)29-17-4-6-19-34(29)40(37)33-21-9-13-26-12-2-3-16-28(26)33/h2-10,12-25,30,35H,11H2,1H3. The first kappa shape index (κ1) is 22.9. The molecular weight excluding hydrogens is 496 g/mol. The van der Waals surface area contributed by atoms with Gasteiger partial charge in [-0.2, -0.15) is 0 Å². The van der Waals surface area contributed by atoms with Crippen molar-refractivity contribution in [2.45, 2.75) is 31.2 Å². The predicted octanol–water partition coefficient (Wildman–Crippen LogP) is 10.2. The Kier molecular flexibility index (Phi) is 4.81. The van der Waals surface area contributed by atoms with Crippen LogP contribution in [-0.2, 0) is 0 Å². The molecule has 41 heavy (non-hydrogen) atoms. The number of hydrogen-bond donors (Lipinski definition) is 0. The third-order valence-electron chi connectivity index (χ3n) is 9.51. The number of aromatic nitrogens is 1. The van der Waals surface area contributed by atoms with E-state index in [9.17, 15) is 0 Å². The summed E-state index contributed by atoms with van der Waals surface area (Å²) < 4.78 is 2.49. The molecule has 0 amide bonds. The second-order valence-electron chi connectivity index (χ2n) is 11.8. The van der Waals surface area contributed by atoms with Crippen LogP contribution in [0.5, 0.6) is 0 Å². The van der Waals surface area contributed by atoms with E-state index in [1.807, 2.05) is 0 Å². The highest BCUT2D eigenvalue weighted by Crippen LogP contribution is 2.52. The number of benzene rings is 5. The molecule has 0 saturated carbocycles. The molecule has 0 spiro atoms. The van der Waals surface area contributed by atoms with Crippen LogP contribution in [0.3, 0.4) is 0 Å². The topological polar surface area (TPSA) is 8.17 Å². The van der Waals surface area contributed by atoms with Gasteiger partial charge in [-0.1, -0.05) is 110 Å². The minimum atomic E-state index is 0.267. The van der Waals surface area contributed by atoms with Crippen LogP contribution in [0.15, 0.2) is 127 Å². The molecule has 2 nitrogen and oxygen atoms in total. The van der Waals surface area contributed by atoms with E-state index in [1.54, 1.807) is 0 Å². The third kappa shape index (κ3) is 3.19. The van der Waals surface area contributed by atoms with Gasteiger partial charge in [0.1, 0.15) is 0 Å². The summed E-state index contributed by atoms with van der Waals surface area (Å²) in [4.78, 5) is 2.64. The molecule has 1 aliphatic heterocycles. The van der Waals surface area contributed by atoms with Crippen molar-refractivity contribution in [2.75, 3.05) is 4.90 Å². The van der Waals surface area contributed by atoms with Gasteiger partial charge in [0.15, 0.2) is 0 Å². The number of para-hydroxylation sites is 1. The fraction of sp³-hybridized carbons (Fsp3) is 0.128. The highest BCUT2D eigenvalue weighted by Gasteiger charge is 2.39. The Labute approximate surface area is 240 Å². The van der Waals surface area contributed by atoms with Crippen LogP contribution in [-0.4, -0.2) is 10.6 Å². The van der Waals surface area contributed by atoms with Gasteiger partial charge >= 0.3 is 0 Å². The maximum Gasteiger partial charge on any atom is 0.0629 e. The molecule has 1 aromatic heterocycles. The van der Waals surface area contributed by atoms with Gasteiger partial charge in [-0.25, -0.2) is 0 Å². The van der Waals surface area contributed by atoms with Crippen molar-refractivity contribution < 1.29 is 0 Å². The lowest BCUT2D eigenvalue weighted by atomic mass is 9.86. The van der Waals surface area contributed by atoms with E-state index in [0.717, 1.165) is 6.42 Å². The van der Waals surface area contributed by atoms with E-state index in [-0.39, 0.29) is 6.04 Å². The fourth-order valence-corrected chi connectivity index (χ4v) is 7.72. The average molecular weight is 527 g/mol. The largest absolute Gasteiger partial charge is 0.333 e. The van der Waals surface area contributed by atoms with Crippen LogP contribution < -0.4 is 4.90 Å². The molecule has 6 aromatic rings. The van der Waals surface area contributed by atoms with E-state index in [0.29, 0.717) is 11.8 Å². The molecule has 2 heteroatoms. The molecule has 2 heterocycles. The van der Waals surface area contributed by atoms with Crippen molar-refractivity contribution >= 4 is 50.0 Å². The van der Waals surface area contributed by atoms with Crippen molar-refractivity contribution in [1.29, 1.82) is 0 Å². The molecule has 3 aliphatic rings. The van der Waals surface area contributed by atoms with Crippen LogP contribution in [0.4, 0.5) is 11.4 Å². The van der Waals surface area contributed by atoms with E-state index in [4.69, 9.17) is 0 Å². The van der Waals surface area contributed by atoms with Crippen LogP contribution >= 0.6 is 0 Å². The summed E-state index contributed by atoms with van der Waals surface area (Å²) in [5.74, 6) is 0.803. The van der Waals surface area contributed by atoms with Gasteiger partial charge in [0.25, 0.3) is 0 Å². The number of rotatable bonds is 2. The van der Waals surface area contributed by atoms with Crippen LogP contribution in [0.1, 0.15) is 41.9 Å². The van der Waals surface area contributed by atoms with Crippen molar-refractivity contribution in [1.82, 2.24) is 4.57 Å². The number of allylic oxidation sites excluding steroid dienone is 3. The Morgan fingerprint density at radius 1 is 0.659 bits per heavy atom. The van der Waals surface area contributed by atoms with Crippen LogP contribution in [0, 0.1) is 0 Å². The zero-order chi connectivity index (χ0) is 27.1. The molecule has 2 aliphatic carbocycles. The van der Waals surface area contributed by atoms with Gasteiger partial charge in [0.05, 0.1) is 22.8 Å². The van der Waals surface area contributed by atoms with Gasteiger partial charge in [0, 0.05) is 33.5 Å². The second-order valence-corrected chi connectivity index (χ2v) is 11.8. The molecule has 3 unspecified atom stereocenters. The molecule has 0 fully saturated rings. The highest BCUT2D eigenvalue weighted by molar-refractivity contribution is 6.12. The van der Waals surface area contributed by atoms with Crippen molar-refractivity contribution in [3.63, 3.8) is 0 Å². The predicted molar refractivity (Wildman–Crippen MR) is 174 cm³/mol. The van der Waals surface area contributed by atoms with E-state index in [2.05, 4.69) is 150 Å². The lowest BCUT2D eigenvalue weighted by Crippen LogP contribution is -2.29. The second kappa shape index (κ2) is 8.59. The van der Waals surface area contributed by atoms with Crippen molar-refractivity contribution in [3.8, 4) is 5.69 Å². The fourth-order valence-electron chi connectivity index (χ4n) is 7.72. The van der Waals surface area contributed by atoms with Crippen molar-refractivity contribution in [2.24, 2.45) is 0 Å². The summed E-state index contributed by atoms with van der Waals surface area (Å²) >= 11 is 0. The van der Waals surface area contributed by atoms with Gasteiger partial charge in [-0.15, -0.1) is 0 Å². The van der Waals surface area contributed by atoms with E-state index < -0.39 is 0 Å². The third-order valence-corrected chi connectivity index (χ3v) is 9.51. The van der Waals surface area contributed by atoms with E-state index in [1.165, 1.54) is 66.3 Å². The smallest absolute Gasteiger partial charge is 0.0629 e.